The maximum Gasteiger partial charge on any atom is 0.255 e. The largest absolute Gasteiger partial charge is 0.343 e. The van der Waals surface area contributed by atoms with E-state index in [0.29, 0.717) is 30.1 Å². The summed E-state index contributed by atoms with van der Waals surface area (Å²) < 4.78 is 0. The fourth-order valence-corrected chi connectivity index (χ4v) is 3.42. The SMILES string of the molecule is O=C(Nc1cccc(CNCCC(=O)N2CCCCC2)c1)c1ccc(Cl)cc1. The van der Waals surface area contributed by atoms with Gasteiger partial charge in [-0.15, -0.1) is 0 Å². The van der Waals surface area contributed by atoms with Crippen LogP contribution >= 0.6 is 11.6 Å². The minimum atomic E-state index is -0.172. The van der Waals surface area contributed by atoms with Gasteiger partial charge in [-0.1, -0.05) is 23.7 Å². The zero-order valence-corrected chi connectivity index (χ0v) is 16.7. The van der Waals surface area contributed by atoms with Crippen LogP contribution in [0.2, 0.25) is 5.02 Å². The third kappa shape index (κ3) is 6.08. The Hall–Kier alpha value is -2.37. The second-order valence-electron chi connectivity index (χ2n) is 7.03. The van der Waals surface area contributed by atoms with Crippen molar-refractivity contribution in [1.29, 1.82) is 0 Å². The molecule has 1 aliphatic rings. The fraction of sp³-hybridized carbons (Fsp3) is 0.364. The van der Waals surface area contributed by atoms with E-state index in [0.717, 1.165) is 37.2 Å². The zero-order chi connectivity index (χ0) is 19.8. The van der Waals surface area contributed by atoms with Crippen molar-refractivity contribution in [3.8, 4) is 0 Å². The highest BCUT2D eigenvalue weighted by atomic mass is 35.5. The van der Waals surface area contributed by atoms with Crippen LogP contribution in [-0.2, 0) is 11.3 Å². The van der Waals surface area contributed by atoms with E-state index in [9.17, 15) is 9.59 Å². The van der Waals surface area contributed by atoms with E-state index >= 15 is 0 Å². The maximum absolute atomic E-state index is 12.3. The summed E-state index contributed by atoms with van der Waals surface area (Å²) in [6, 6.07) is 14.5. The first-order valence-corrected chi connectivity index (χ1v) is 10.1. The Morgan fingerprint density at radius 3 is 2.50 bits per heavy atom. The average Bonchev–Trinajstić information content (AvgIpc) is 2.72. The Morgan fingerprint density at radius 1 is 1.00 bits per heavy atom. The van der Waals surface area contributed by atoms with Crippen LogP contribution in [0.5, 0.6) is 0 Å². The van der Waals surface area contributed by atoms with Gasteiger partial charge in [0.05, 0.1) is 0 Å². The first-order chi connectivity index (χ1) is 13.6. The molecule has 1 fully saturated rings. The van der Waals surface area contributed by atoms with Crippen molar-refractivity contribution in [2.75, 3.05) is 25.0 Å². The molecule has 3 rings (SSSR count). The number of amides is 2. The van der Waals surface area contributed by atoms with Crippen LogP contribution in [0.25, 0.3) is 0 Å². The number of anilines is 1. The Bertz CT molecular complexity index is 802. The molecule has 1 saturated heterocycles. The lowest BCUT2D eigenvalue weighted by Crippen LogP contribution is -2.37. The number of halogens is 1. The number of carbonyl (C=O) groups excluding carboxylic acids is 2. The van der Waals surface area contributed by atoms with E-state index in [1.165, 1.54) is 6.42 Å². The van der Waals surface area contributed by atoms with Gasteiger partial charge in [0.1, 0.15) is 0 Å². The summed E-state index contributed by atoms with van der Waals surface area (Å²) >= 11 is 5.86. The summed E-state index contributed by atoms with van der Waals surface area (Å²) in [5.41, 5.74) is 2.35. The monoisotopic (exact) mass is 399 g/mol. The Kier molecular flexibility index (Phi) is 7.46. The molecule has 6 heteroatoms. The van der Waals surface area contributed by atoms with E-state index in [2.05, 4.69) is 10.6 Å². The molecule has 2 N–H and O–H groups in total. The Balaban J connectivity index is 1.44. The molecule has 2 aromatic rings. The molecule has 0 atom stereocenters. The number of likely N-dealkylation sites (tertiary alicyclic amines) is 1. The number of piperidine rings is 1. The third-order valence-electron chi connectivity index (χ3n) is 4.84. The standard InChI is InChI=1S/C22H26ClN3O2/c23-19-9-7-18(8-10-19)22(28)25-20-6-4-5-17(15-20)16-24-12-11-21(27)26-13-2-1-3-14-26/h4-10,15,24H,1-3,11-14,16H2,(H,25,28). The van der Waals surface area contributed by atoms with Crippen molar-refractivity contribution in [3.63, 3.8) is 0 Å². The van der Waals surface area contributed by atoms with Gasteiger partial charge in [0.25, 0.3) is 5.91 Å². The first kappa shape index (κ1) is 20.4. The van der Waals surface area contributed by atoms with Crippen LogP contribution in [0, 0.1) is 0 Å². The van der Waals surface area contributed by atoms with Crippen LogP contribution in [0.3, 0.4) is 0 Å². The predicted molar refractivity (Wildman–Crippen MR) is 113 cm³/mol. The van der Waals surface area contributed by atoms with E-state index in [4.69, 9.17) is 11.6 Å². The first-order valence-electron chi connectivity index (χ1n) is 9.76. The lowest BCUT2D eigenvalue weighted by atomic mass is 10.1. The van der Waals surface area contributed by atoms with Crippen molar-refractivity contribution in [2.24, 2.45) is 0 Å². The lowest BCUT2D eigenvalue weighted by Gasteiger charge is -2.26. The molecule has 148 valence electrons. The molecule has 0 spiro atoms. The van der Waals surface area contributed by atoms with Gasteiger partial charge in [-0.3, -0.25) is 9.59 Å². The van der Waals surface area contributed by atoms with Crippen LogP contribution in [0.15, 0.2) is 48.5 Å². The molecule has 1 heterocycles. The van der Waals surface area contributed by atoms with Crippen LogP contribution < -0.4 is 10.6 Å². The van der Waals surface area contributed by atoms with Crippen molar-refractivity contribution in [2.45, 2.75) is 32.2 Å². The number of benzene rings is 2. The number of hydrogen-bond donors (Lipinski definition) is 2. The fourth-order valence-electron chi connectivity index (χ4n) is 3.29. The van der Waals surface area contributed by atoms with E-state index in [1.807, 2.05) is 29.2 Å². The van der Waals surface area contributed by atoms with Gasteiger partial charge >= 0.3 is 0 Å². The van der Waals surface area contributed by atoms with E-state index < -0.39 is 0 Å². The molecule has 0 bridgehead atoms. The molecule has 2 amide bonds. The number of hydrogen-bond acceptors (Lipinski definition) is 3. The molecule has 1 aliphatic heterocycles. The Morgan fingerprint density at radius 2 is 1.75 bits per heavy atom. The predicted octanol–water partition coefficient (Wildman–Crippen LogP) is 4.08. The van der Waals surface area contributed by atoms with Gasteiger partial charge in [0.15, 0.2) is 0 Å². The summed E-state index contributed by atoms with van der Waals surface area (Å²) in [6.07, 6.45) is 3.99. The van der Waals surface area contributed by atoms with Crippen molar-refractivity contribution in [3.05, 3.63) is 64.7 Å². The molecule has 0 saturated carbocycles. The maximum atomic E-state index is 12.3. The number of carbonyl (C=O) groups is 2. The molecular weight excluding hydrogens is 374 g/mol. The molecule has 0 radical (unpaired) electrons. The number of nitrogens with zero attached hydrogens (tertiary/aromatic N) is 1. The van der Waals surface area contributed by atoms with Crippen LogP contribution in [0.4, 0.5) is 5.69 Å². The Labute approximate surface area is 171 Å². The summed E-state index contributed by atoms with van der Waals surface area (Å²) in [7, 11) is 0. The van der Waals surface area contributed by atoms with Gasteiger partial charge in [-0.2, -0.15) is 0 Å². The molecule has 5 nitrogen and oxygen atoms in total. The minimum absolute atomic E-state index is 0.172. The molecule has 0 aromatic heterocycles. The minimum Gasteiger partial charge on any atom is -0.343 e. The third-order valence-corrected chi connectivity index (χ3v) is 5.10. The smallest absolute Gasteiger partial charge is 0.255 e. The second-order valence-corrected chi connectivity index (χ2v) is 7.47. The molecule has 0 unspecified atom stereocenters. The summed E-state index contributed by atoms with van der Waals surface area (Å²) in [6.45, 7) is 3.09. The van der Waals surface area contributed by atoms with Crippen molar-refractivity contribution >= 4 is 29.1 Å². The van der Waals surface area contributed by atoms with Gasteiger partial charge < -0.3 is 15.5 Å². The summed E-state index contributed by atoms with van der Waals surface area (Å²) in [5, 5.41) is 6.81. The molecule has 28 heavy (non-hydrogen) atoms. The second kappa shape index (κ2) is 10.2. The van der Waals surface area contributed by atoms with Gasteiger partial charge in [0, 0.05) is 48.9 Å². The van der Waals surface area contributed by atoms with Gasteiger partial charge in [0.2, 0.25) is 5.91 Å². The molecule has 0 aliphatic carbocycles. The van der Waals surface area contributed by atoms with Crippen molar-refractivity contribution < 1.29 is 9.59 Å². The van der Waals surface area contributed by atoms with Crippen LogP contribution in [0.1, 0.15) is 41.6 Å². The highest BCUT2D eigenvalue weighted by Crippen LogP contribution is 2.14. The molecular formula is C22H26ClN3O2. The molecule has 2 aromatic carbocycles. The van der Waals surface area contributed by atoms with Gasteiger partial charge in [-0.05, 0) is 61.2 Å². The highest BCUT2D eigenvalue weighted by molar-refractivity contribution is 6.30. The summed E-state index contributed by atoms with van der Waals surface area (Å²) in [4.78, 5) is 26.5. The van der Waals surface area contributed by atoms with Gasteiger partial charge in [-0.25, -0.2) is 0 Å². The number of nitrogens with one attached hydrogen (secondary N) is 2. The van der Waals surface area contributed by atoms with Crippen molar-refractivity contribution in [1.82, 2.24) is 10.2 Å². The van der Waals surface area contributed by atoms with E-state index in [-0.39, 0.29) is 11.8 Å². The lowest BCUT2D eigenvalue weighted by molar-refractivity contribution is -0.131. The number of rotatable bonds is 7. The summed E-state index contributed by atoms with van der Waals surface area (Å²) in [5.74, 6) is 0.0603. The zero-order valence-electron chi connectivity index (χ0n) is 15.9. The quantitative estimate of drug-likeness (QED) is 0.689. The van der Waals surface area contributed by atoms with E-state index in [1.54, 1.807) is 24.3 Å². The topological polar surface area (TPSA) is 61.4 Å². The average molecular weight is 400 g/mol. The normalized spacial score (nSPS) is 14.0. The van der Waals surface area contributed by atoms with Crippen LogP contribution in [-0.4, -0.2) is 36.3 Å². The highest BCUT2D eigenvalue weighted by Gasteiger charge is 2.15.